The minimum Gasteiger partial charge on any atom is -0.457 e. The van der Waals surface area contributed by atoms with Crippen LogP contribution in [0, 0.1) is 0 Å². The number of fused-ring (bicyclic) bond motifs is 3. The number of carbonyl (C=O) groups excluding carboxylic acids is 1. The number of para-hydroxylation sites is 1. The number of hydrogen-bond donors (Lipinski definition) is 2. The summed E-state index contributed by atoms with van der Waals surface area (Å²) in [5.74, 6) is 2.43. The van der Waals surface area contributed by atoms with Crippen molar-refractivity contribution in [3.8, 4) is 11.5 Å². The molecule has 8 heteroatoms. The molecule has 3 aromatic heterocycles. The Bertz CT molecular complexity index is 1580. The number of ether oxygens (including phenoxy) is 1. The van der Waals surface area contributed by atoms with E-state index in [2.05, 4.69) is 33.9 Å². The second kappa shape index (κ2) is 9.65. The van der Waals surface area contributed by atoms with E-state index < -0.39 is 0 Å². The number of aromatic amines is 2. The van der Waals surface area contributed by atoms with Crippen LogP contribution in [0.1, 0.15) is 53.3 Å². The van der Waals surface area contributed by atoms with Gasteiger partial charge < -0.3 is 19.6 Å². The molecule has 1 saturated carbocycles. The number of carbonyl (C=O) groups is 1. The topological polar surface area (TPSA) is 86.9 Å². The van der Waals surface area contributed by atoms with Crippen LogP contribution >= 0.6 is 11.6 Å². The van der Waals surface area contributed by atoms with E-state index in [1.165, 1.54) is 0 Å². The fourth-order valence-electron chi connectivity index (χ4n) is 5.32. The van der Waals surface area contributed by atoms with Gasteiger partial charge in [0.25, 0.3) is 0 Å². The van der Waals surface area contributed by atoms with Crippen LogP contribution in [0.25, 0.3) is 22.1 Å². The molecule has 0 unspecified atom stereocenters. The predicted octanol–water partition coefficient (Wildman–Crippen LogP) is 6.70. The molecule has 6 rings (SSSR count). The van der Waals surface area contributed by atoms with Crippen LogP contribution in [0.4, 0.5) is 0 Å². The number of nitrogens with one attached hydrogen (secondary N) is 2. The molecule has 1 fully saturated rings. The quantitative estimate of drug-likeness (QED) is 0.246. The molecule has 2 aromatic carbocycles. The van der Waals surface area contributed by atoms with Gasteiger partial charge >= 0.3 is 0 Å². The first-order chi connectivity index (χ1) is 18.0. The SMILES string of the molecule is CN(C)C1CCC(c2nc3c(cnc4[nH]cc(C(=O)c5ccc(Oc6ccccc6)cc5Cl)c43)[nH]2)CC1. The normalized spacial score (nSPS) is 18.1. The highest BCUT2D eigenvalue weighted by Crippen LogP contribution is 2.36. The second-order valence-electron chi connectivity index (χ2n) is 9.92. The van der Waals surface area contributed by atoms with Crippen molar-refractivity contribution in [3.05, 3.63) is 82.9 Å². The summed E-state index contributed by atoms with van der Waals surface area (Å²) in [5.41, 5.74) is 3.13. The highest BCUT2D eigenvalue weighted by Gasteiger charge is 2.27. The van der Waals surface area contributed by atoms with Crippen molar-refractivity contribution in [2.45, 2.75) is 37.6 Å². The summed E-state index contributed by atoms with van der Waals surface area (Å²) >= 11 is 6.56. The molecule has 7 nitrogen and oxygen atoms in total. The third-order valence-electron chi connectivity index (χ3n) is 7.39. The Hall–Kier alpha value is -3.68. The lowest BCUT2D eigenvalue weighted by Gasteiger charge is -2.31. The molecule has 3 heterocycles. The third-order valence-corrected chi connectivity index (χ3v) is 7.70. The predicted molar refractivity (Wildman–Crippen MR) is 146 cm³/mol. The summed E-state index contributed by atoms with van der Waals surface area (Å²) < 4.78 is 5.86. The Morgan fingerprint density at radius 3 is 2.54 bits per heavy atom. The number of nitrogens with zero attached hydrogens (tertiary/aromatic N) is 3. The van der Waals surface area contributed by atoms with E-state index in [4.69, 9.17) is 21.3 Å². The monoisotopic (exact) mass is 513 g/mol. The lowest BCUT2D eigenvalue weighted by molar-refractivity contribution is 0.104. The van der Waals surface area contributed by atoms with E-state index in [1.807, 2.05) is 30.3 Å². The molecule has 0 amide bonds. The zero-order valence-corrected chi connectivity index (χ0v) is 21.5. The van der Waals surface area contributed by atoms with Crippen LogP contribution in [0.15, 0.2) is 60.9 Å². The van der Waals surface area contributed by atoms with Crippen LogP contribution in [0.3, 0.4) is 0 Å². The average Bonchev–Trinajstić information content (AvgIpc) is 3.53. The van der Waals surface area contributed by atoms with Gasteiger partial charge in [0.15, 0.2) is 5.78 Å². The molecule has 0 bridgehead atoms. The first-order valence-corrected chi connectivity index (χ1v) is 12.9. The molecule has 5 aromatic rings. The van der Waals surface area contributed by atoms with E-state index in [1.54, 1.807) is 30.6 Å². The van der Waals surface area contributed by atoms with E-state index in [0.29, 0.717) is 50.6 Å². The van der Waals surface area contributed by atoms with Gasteiger partial charge in [0.1, 0.15) is 28.5 Å². The van der Waals surface area contributed by atoms with Crippen molar-refractivity contribution < 1.29 is 9.53 Å². The maximum atomic E-state index is 13.6. The lowest BCUT2D eigenvalue weighted by Crippen LogP contribution is -2.31. The zero-order chi connectivity index (χ0) is 25.5. The van der Waals surface area contributed by atoms with Crippen molar-refractivity contribution >= 4 is 39.5 Å². The molecule has 37 heavy (non-hydrogen) atoms. The first-order valence-electron chi connectivity index (χ1n) is 12.6. The van der Waals surface area contributed by atoms with Gasteiger partial charge in [-0.2, -0.15) is 0 Å². The molecule has 2 N–H and O–H groups in total. The van der Waals surface area contributed by atoms with Gasteiger partial charge in [0.2, 0.25) is 0 Å². The third kappa shape index (κ3) is 4.49. The van der Waals surface area contributed by atoms with E-state index in [9.17, 15) is 4.79 Å². The molecular formula is C29H28ClN5O2. The summed E-state index contributed by atoms with van der Waals surface area (Å²) in [4.78, 5) is 32.1. The number of H-pyrrole nitrogens is 2. The van der Waals surface area contributed by atoms with Crippen LogP contribution in [0.2, 0.25) is 5.02 Å². The molecule has 0 radical (unpaired) electrons. The van der Waals surface area contributed by atoms with E-state index >= 15 is 0 Å². The molecule has 188 valence electrons. The smallest absolute Gasteiger partial charge is 0.196 e. The Kier molecular flexibility index (Phi) is 6.18. The van der Waals surface area contributed by atoms with Crippen LogP contribution < -0.4 is 4.74 Å². The van der Waals surface area contributed by atoms with Gasteiger partial charge in [0.05, 0.1) is 27.7 Å². The molecule has 0 spiro atoms. The highest BCUT2D eigenvalue weighted by molar-refractivity contribution is 6.36. The number of halogens is 1. The Morgan fingerprint density at radius 2 is 1.81 bits per heavy atom. The van der Waals surface area contributed by atoms with Crippen molar-refractivity contribution in [2.75, 3.05) is 14.1 Å². The summed E-state index contributed by atoms with van der Waals surface area (Å²) in [7, 11) is 4.30. The van der Waals surface area contributed by atoms with Gasteiger partial charge in [-0.3, -0.25) is 4.79 Å². The number of pyridine rings is 1. The number of ketones is 1. The molecule has 0 atom stereocenters. The maximum absolute atomic E-state index is 13.6. The molecule has 0 aliphatic heterocycles. The number of benzene rings is 2. The summed E-state index contributed by atoms with van der Waals surface area (Å²) in [6, 6.07) is 15.2. The minimum absolute atomic E-state index is 0.187. The fourth-order valence-corrected chi connectivity index (χ4v) is 5.58. The largest absolute Gasteiger partial charge is 0.457 e. The standard InChI is InChI=1S/C29H28ClN5O2/c1-35(2)18-10-8-17(9-11-18)28-33-24-16-32-29-25(26(24)34-28)22(15-31-29)27(36)21-13-12-20(14-23(21)30)37-19-6-4-3-5-7-19/h3-7,12-18H,8-11H2,1-2H3,(H,31,32)(H,33,34). The number of aromatic nitrogens is 4. The summed E-state index contributed by atoms with van der Waals surface area (Å²) in [5, 5.41) is 1.04. The first kappa shape index (κ1) is 23.7. The van der Waals surface area contributed by atoms with Gasteiger partial charge in [0, 0.05) is 29.8 Å². The number of imidazole rings is 1. The van der Waals surface area contributed by atoms with Crippen molar-refractivity contribution in [1.29, 1.82) is 0 Å². The van der Waals surface area contributed by atoms with Crippen LogP contribution in [-0.2, 0) is 0 Å². The Balaban J connectivity index is 1.31. The zero-order valence-electron chi connectivity index (χ0n) is 20.8. The average molecular weight is 514 g/mol. The van der Waals surface area contributed by atoms with Gasteiger partial charge in [-0.1, -0.05) is 29.8 Å². The van der Waals surface area contributed by atoms with Crippen LogP contribution in [-0.4, -0.2) is 50.8 Å². The molecule has 1 aliphatic rings. The van der Waals surface area contributed by atoms with E-state index in [-0.39, 0.29) is 5.78 Å². The van der Waals surface area contributed by atoms with E-state index in [0.717, 1.165) is 42.5 Å². The van der Waals surface area contributed by atoms with Crippen molar-refractivity contribution in [2.24, 2.45) is 0 Å². The van der Waals surface area contributed by atoms with Crippen molar-refractivity contribution in [1.82, 2.24) is 24.8 Å². The lowest BCUT2D eigenvalue weighted by atomic mass is 9.85. The summed E-state index contributed by atoms with van der Waals surface area (Å²) in [6.07, 6.45) is 7.96. The summed E-state index contributed by atoms with van der Waals surface area (Å²) in [6.45, 7) is 0. The second-order valence-corrected chi connectivity index (χ2v) is 10.3. The van der Waals surface area contributed by atoms with Crippen LogP contribution in [0.5, 0.6) is 11.5 Å². The number of rotatable bonds is 6. The maximum Gasteiger partial charge on any atom is 0.196 e. The van der Waals surface area contributed by atoms with Gasteiger partial charge in [-0.15, -0.1) is 0 Å². The molecule has 1 aliphatic carbocycles. The van der Waals surface area contributed by atoms with Crippen molar-refractivity contribution in [3.63, 3.8) is 0 Å². The Labute approximate surface area is 219 Å². The van der Waals surface area contributed by atoms with Gasteiger partial charge in [-0.05, 0) is 64.0 Å². The highest BCUT2D eigenvalue weighted by atomic mass is 35.5. The molecule has 0 saturated heterocycles. The number of hydrogen-bond acceptors (Lipinski definition) is 5. The van der Waals surface area contributed by atoms with Gasteiger partial charge in [-0.25, -0.2) is 9.97 Å². The fraction of sp³-hybridized carbons (Fsp3) is 0.276. The molecular weight excluding hydrogens is 486 g/mol. The minimum atomic E-state index is -0.187. The Morgan fingerprint density at radius 1 is 1.03 bits per heavy atom.